The molecule has 0 atom stereocenters. The zero-order chi connectivity index (χ0) is 44.6. The molecule has 14 nitrogen and oxygen atoms in total. The Hall–Kier alpha value is -4.73. The first-order chi connectivity index (χ1) is 31.3. The molecule has 1 spiro atoms. The Morgan fingerprint density at radius 3 is 1.77 bits per heavy atom. The normalized spacial score (nSPS) is 16.8. The number of aromatic hydroxyl groups is 2. The van der Waals surface area contributed by atoms with E-state index in [1.54, 1.807) is 30.3 Å². The number of unbranched alkanes of at least 4 members (excludes halogenated alkanes) is 13. The van der Waals surface area contributed by atoms with Gasteiger partial charge in [-0.25, -0.2) is 4.79 Å². The van der Waals surface area contributed by atoms with E-state index in [2.05, 4.69) is 27.1 Å². The Balaban J connectivity index is 0.925. The number of carbonyl (C=O) groups excluding carboxylic acids is 1. The highest BCUT2D eigenvalue weighted by atomic mass is 35.5. The summed E-state index contributed by atoms with van der Waals surface area (Å²) in [4.78, 5) is 31.6. The number of halogens is 1. The van der Waals surface area contributed by atoms with Gasteiger partial charge in [0.1, 0.15) is 23.0 Å². The predicted octanol–water partition coefficient (Wildman–Crippen LogP) is 9.90. The van der Waals surface area contributed by atoms with Crippen molar-refractivity contribution in [1.29, 1.82) is 0 Å². The average Bonchev–Trinajstić information content (AvgIpc) is 3.55. The summed E-state index contributed by atoms with van der Waals surface area (Å²) in [5.74, 6) is 0.564. The number of nitrogens with one attached hydrogen (secondary N) is 1. The van der Waals surface area contributed by atoms with E-state index in [1.165, 1.54) is 114 Å². The predicted molar refractivity (Wildman–Crippen MR) is 248 cm³/mol. The summed E-state index contributed by atoms with van der Waals surface area (Å²) in [6.07, 6.45) is 18.9. The van der Waals surface area contributed by atoms with Crippen molar-refractivity contribution in [3.8, 4) is 23.0 Å². The standard InChI is InChI=1S/C49H65ClN6O8/c1-2-3-4-5-6-7-8-9-10-11-12-13-14-15-22-55-23-27-60-29-25-56(26-30-62-32-31-61-28-24-55)48-53-46(50)52-47(54-48)51-36-16-19-40-39(33-36)45(59)64-49(40)41-20-17-37(57)34-43(41)63-44-35-38(58)18-21-42(44)49/h16-21,33-35,57-58H,2-15,22-32H2,1H3,(H,51,52,53,54). The molecule has 1 fully saturated rings. The van der Waals surface area contributed by atoms with E-state index in [4.69, 9.17) is 40.3 Å². The van der Waals surface area contributed by atoms with E-state index >= 15 is 0 Å². The summed E-state index contributed by atoms with van der Waals surface area (Å²) in [6, 6.07) is 14.6. The van der Waals surface area contributed by atoms with Crippen LogP contribution in [0.15, 0.2) is 54.6 Å². The fourth-order valence-corrected chi connectivity index (χ4v) is 8.94. The van der Waals surface area contributed by atoms with E-state index in [0.29, 0.717) is 98.1 Å². The lowest BCUT2D eigenvalue weighted by molar-refractivity contribution is 0.0224. The number of ether oxygens (including phenoxy) is 5. The van der Waals surface area contributed by atoms with E-state index in [-0.39, 0.29) is 22.7 Å². The number of benzene rings is 3. The molecule has 0 amide bonds. The summed E-state index contributed by atoms with van der Waals surface area (Å²) in [6.45, 7) is 9.15. The van der Waals surface area contributed by atoms with Crippen LogP contribution in [0.4, 0.5) is 17.6 Å². The molecule has 1 aromatic heterocycles. The van der Waals surface area contributed by atoms with Crippen LogP contribution in [0.1, 0.15) is 124 Å². The van der Waals surface area contributed by atoms with Crippen molar-refractivity contribution >= 4 is 35.2 Å². The average molecular weight is 902 g/mol. The van der Waals surface area contributed by atoms with Gasteiger partial charge in [0.2, 0.25) is 17.2 Å². The number of carbonyl (C=O) groups is 1. The van der Waals surface area contributed by atoms with Crippen LogP contribution in [0.25, 0.3) is 0 Å². The van der Waals surface area contributed by atoms with Crippen molar-refractivity contribution in [2.75, 3.05) is 82.6 Å². The number of anilines is 3. The van der Waals surface area contributed by atoms with Gasteiger partial charge >= 0.3 is 5.97 Å². The van der Waals surface area contributed by atoms with Crippen LogP contribution in [0, 0.1) is 0 Å². The minimum absolute atomic E-state index is 0.000727. The van der Waals surface area contributed by atoms with Crippen LogP contribution in [0.5, 0.6) is 23.0 Å². The Kier molecular flexibility index (Phi) is 17.7. The Morgan fingerprint density at radius 1 is 0.641 bits per heavy atom. The molecule has 0 unspecified atom stereocenters. The molecular formula is C49H65ClN6O8. The van der Waals surface area contributed by atoms with Crippen LogP contribution in [0.2, 0.25) is 5.28 Å². The van der Waals surface area contributed by atoms with E-state index in [1.807, 2.05) is 4.90 Å². The van der Waals surface area contributed by atoms with Crippen molar-refractivity contribution in [2.45, 2.75) is 102 Å². The summed E-state index contributed by atoms with van der Waals surface area (Å²) < 4.78 is 30.4. The molecule has 3 aromatic carbocycles. The molecule has 4 aromatic rings. The lowest BCUT2D eigenvalue weighted by Crippen LogP contribution is -2.34. The Morgan fingerprint density at radius 2 is 1.17 bits per heavy atom. The molecule has 64 heavy (non-hydrogen) atoms. The first-order valence-electron chi connectivity index (χ1n) is 23.5. The summed E-state index contributed by atoms with van der Waals surface area (Å²) in [5.41, 5.74) is 1.11. The Labute approximate surface area is 382 Å². The molecule has 3 N–H and O–H groups in total. The second-order valence-electron chi connectivity index (χ2n) is 16.9. The largest absolute Gasteiger partial charge is 0.508 e. The number of phenols is 2. The maximum Gasteiger partial charge on any atom is 0.340 e. The van der Waals surface area contributed by atoms with Crippen LogP contribution in [-0.4, -0.2) is 108 Å². The second-order valence-corrected chi connectivity index (χ2v) is 17.2. The maximum absolute atomic E-state index is 13.7. The van der Waals surface area contributed by atoms with E-state index in [9.17, 15) is 15.0 Å². The molecule has 1 saturated heterocycles. The Bertz CT molecular complexity index is 2070. The van der Waals surface area contributed by atoms with E-state index < -0.39 is 11.6 Å². The highest BCUT2D eigenvalue weighted by Gasteiger charge is 2.53. The third-order valence-corrected chi connectivity index (χ3v) is 12.4. The lowest BCUT2D eigenvalue weighted by atomic mass is 9.77. The SMILES string of the molecule is CCCCCCCCCCCCCCCCN1CCOCCOCCN(c2nc(Cl)nc(Nc3ccc4c(c3)C(=O)OC43c4ccc(O)cc4Oc4cc(O)ccc43)n2)CCOCC1. The summed E-state index contributed by atoms with van der Waals surface area (Å²) in [5, 5.41) is 23.7. The van der Waals surface area contributed by atoms with Crippen molar-refractivity contribution < 1.29 is 38.7 Å². The molecule has 0 aliphatic carbocycles. The number of phenolic OH excluding ortho intramolecular Hbond substituents is 2. The number of esters is 1. The third-order valence-electron chi connectivity index (χ3n) is 12.2. The number of hydrogen-bond donors (Lipinski definition) is 3. The molecular weight excluding hydrogens is 836 g/mol. The molecule has 0 bridgehead atoms. The van der Waals surface area contributed by atoms with Gasteiger partial charge in [-0.15, -0.1) is 0 Å². The molecule has 346 valence electrons. The maximum atomic E-state index is 13.7. The number of fused-ring (bicyclic) bond motifs is 6. The van der Waals surface area contributed by atoms with Gasteiger partial charge in [0, 0.05) is 60.7 Å². The van der Waals surface area contributed by atoms with Gasteiger partial charge in [-0.2, -0.15) is 15.0 Å². The zero-order valence-corrected chi connectivity index (χ0v) is 38.1. The molecule has 0 saturated carbocycles. The molecule has 3 aliphatic rings. The van der Waals surface area contributed by atoms with E-state index in [0.717, 1.165) is 19.6 Å². The number of rotatable bonds is 18. The number of hydrogen-bond acceptors (Lipinski definition) is 14. The van der Waals surface area contributed by atoms with Crippen LogP contribution in [-0.2, 0) is 24.5 Å². The smallest absolute Gasteiger partial charge is 0.340 e. The van der Waals surface area contributed by atoms with Gasteiger partial charge < -0.3 is 44.1 Å². The van der Waals surface area contributed by atoms with Gasteiger partial charge in [-0.05, 0) is 61.0 Å². The quantitative estimate of drug-likeness (QED) is 0.0639. The molecule has 15 heteroatoms. The number of aromatic nitrogens is 3. The molecule has 0 radical (unpaired) electrons. The molecule has 7 rings (SSSR count). The highest BCUT2D eigenvalue weighted by molar-refractivity contribution is 6.28. The fraction of sp³-hybridized carbons (Fsp3) is 0.551. The van der Waals surface area contributed by atoms with Gasteiger partial charge in [-0.3, -0.25) is 4.90 Å². The van der Waals surface area contributed by atoms with Gasteiger partial charge in [0.25, 0.3) is 0 Å². The van der Waals surface area contributed by atoms with Crippen molar-refractivity contribution in [3.05, 3.63) is 82.1 Å². The highest BCUT2D eigenvalue weighted by Crippen LogP contribution is 2.57. The topological polar surface area (TPSA) is 161 Å². The van der Waals surface area contributed by atoms with Crippen molar-refractivity contribution in [2.24, 2.45) is 0 Å². The van der Waals surface area contributed by atoms with Crippen LogP contribution >= 0.6 is 11.6 Å². The minimum Gasteiger partial charge on any atom is -0.508 e. The molecule has 3 aliphatic heterocycles. The van der Waals surface area contributed by atoms with Gasteiger partial charge in [-0.1, -0.05) is 96.5 Å². The lowest BCUT2D eigenvalue weighted by Gasteiger charge is -2.36. The minimum atomic E-state index is -1.38. The molecule has 4 heterocycles. The zero-order valence-electron chi connectivity index (χ0n) is 37.3. The van der Waals surface area contributed by atoms with Crippen LogP contribution < -0.4 is 15.0 Å². The third kappa shape index (κ3) is 12.5. The summed E-state index contributed by atoms with van der Waals surface area (Å²) in [7, 11) is 0. The van der Waals surface area contributed by atoms with Crippen LogP contribution in [0.3, 0.4) is 0 Å². The summed E-state index contributed by atoms with van der Waals surface area (Å²) >= 11 is 6.50. The fourth-order valence-electron chi connectivity index (χ4n) is 8.79. The van der Waals surface area contributed by atoms with Gasteiger partial charge in [0.15, 0.2) is 5.60 Å². The van der Waals surface area contributed by atoms with Crippen molar-refractivity contribution in [3.63, 3.8) is 0 Å². The second kappa shape index (κ2) is 24.0. The van der Waals surface area contributed by atoms with Gasteiger partial charge in [0.05, 0.1) is 45.2 Å². The van der Waals surface area contributed by atoms with Crippen molar-refractivity contribution in [1.82, 2.24) is 19.9 Å². The number of nitrogens with zero attached hydrogens (tertiary/aromatic N) is 5. The monoisotopic (exact) mass is 900 g/mol. The first kappa shape index (κ1) is 47.2. The first-order valence-corrected chi connectivity index (χ1v) is 23.8.